The van der Waals surface area contributed by atoms with Crippen molar-refractivity contribution in [3.8, 4) is 0 Å². The molecule has 0 bridgehead atoms. The van der Waals surface area contributed by atoms with Crippen molar-refractivity contribution in [3.63, 3.8) is 0 Å². The molecular weight excluding hydrogens is 386 g/mol. The van der Waals surface area contributed by atoms with E-state index in [0.717, 1.165) is 35.1 Å². The highest BCUT2D eigenvalue weighted by Crippen LogP contribution is 2.36. The third-order valence-corrected chi connectivity index (χ3v) is 6.66. The molecule has 4 rings (SSSR count). The van der Waals surface area contributed by atoms with Gasteiger partial charge in [-0.2, -0.15) is 0 Å². The van der Waals surface area contributed by atoms with Gasteiger partial charge in [0.15, 0.2) is 5.13 Å². The number of rotatable bonds is 4. The molecule has 1 aromatic carbocycles. The number of hydrogen-bond donors (Lipinski definition) is 1. The number of hydrogen-bond acceptors (Lipinski definition) is 5. The minimum Gasteiger partial charge on any atom is -0.301 e. The van der Waals surface area contributed by atoms with Crippen molar-refractivity contribution in [1.29, 1.82) is 0 Å². The van der Waals surface area contributed by atoms with Gasteiger partial charge in [-0.15, -0.1) is 23.1 Å². The second-order valence-electron chi connectivity index (χ2n) is 6.37. The Hall–Kier alpha value is -1.63. The van der Waals surface area contributed by atoms with Crippen LogP contribution in [-0.2, 0) is 17.6 Å². The molecule has 0 saturated heterocycles. The first-order valence-corrected chi connectivity index (χ1v) is 10.8. The number of pyridine rings is 1. The van der Waals surface area contributed by atoms with Crippen molar-refractivity contribution in [2.45, 2.75) is 37.5 Å². The van der Waals surface area contributed by atoms with Crippen LogP contribution in [0.5, 0.6) is 0 Å². The smallest absolute Gasteiger partial charge is 0.236 e. The number of thiazole rings is 1. The van der Waals surface area contributed by atoms with E-state index in [9.17, 15) is 4.79 Å². The van der Waals surface area contributed by atoms with Crippen LogP contribution >= 0.6 is 34.7 Å². The average molecular weight is 404 g/mol. The number of nitrogens with zero attached hydrogens (tertiary/aromatic N) is 2. The summed E-state index contributed by atoms with van der Waals surface area (Å²) in [6, 6.07) is 5.82. The van der Waals surface area contributed by atoms with Crippen LogP contribution in [-0.4, -0.2) is 21.6 Å². The van der Waals surface area contributed by atoms with Crippen LogP contribution in [0.3, 0.4) is 0 Å². The standard InChI is InChI=1S/C19H18ClN3OS2/c1-11-9-26-19(21-11)23-17(24)10-25-18-13-4-2-3-5-15(13)22-16-8-12(20)6-7-14(16)18/h6-9H,2-5,10H2,1H3,(H,21,23,24). The minimum atomic E-state index is -0.0344. The Labute approximate surface area is 165 Å². The van der Waals surface area contributed by atoms with Crippen molar-refractivity contribution < 1.29 is 4.79 Å². The Morgan fingerprint density at radius 2 is 2.15 bits per heavy atom. The quantitative estimate of drug-likeness (QED) is 0.603. The number of thioether (sulfide) groups is 1. The number of aromatic nitrogens is 2. The summed E-state index contributed by atoms with van der Waals surface area (Å²) in [4.78, 5) is 22.6. The minimum absolute atomic E-state index is 0.0344. The Morgan fingerprint density at radius 1 is 1.31 bits per heavy atom. The van der Waals surface area contributed by atoms with E-state index in [1.807, 2.05) is 30.5 Å². The summed E-state index contributed by atoms with van der Waals surface area (Å²) in [5.41, 5.74) is 4.29. The zero-order chi connectivity index (χ0) is 18.1. The summed E-state index contributed by atoms with van der Waals surface area (Å²) >= 11 is 9.19. The van der Waals surface area contributed by atoms with Crippen LogP contribution in [0.2, 0.25) is 5.02 Å². The molecule has 1 aliphatic rings. The second-order valence-corrected chi connectivity index (χ2v) is 8.65. The van der Waals surface area contributed by atoms with Crippen molar-refractivity contribution in [3.05, 3.63) is 45.6 Å². The van der Waals surface area contributed by atoms with E-state index in [4.69, 9.17) is 16.6 Å². The zero-order valence-electron chi connectivity index (χ0n) is 14.3. The lowest BCUT2D eigenvalue weighted by Gasteiger charge is -2.20. The van der Waals surface area contributed by atoms with Gasteiger partial charge >= 0.3 is 0 Å². The van der Waals surface area contributed by atoms with Gasteiger partial charge in [-0.05, 0) is 50.3 Å². The summed E-state index contributed by atoms with van der Waals surface area (Å²) < 4.78 is 0. The molecule has 0 radical (unpaired) electrons. The molecule has 0 atom stereocenters. The lowest BCUT2D eigenvalue weighted by atomic mass is 9.94. The van der Waals surface area contributed by atoms with Gasteiger partial charge in [-0.3, -0.25) is 9.78 Å². The highest BCUT2D eigenvalue weighted by Gasteiger charge is 2.19. The Balaban J connectivity index is 1.61. The van der Waals surface area contributed by atoms with Gasteiger partial charge in [0.2, 0.25) is 5.91 Å². The van der Waals surface area contributed by atoms with Gasteiger partial charge in [-0.1, -0.05) is 17.7 Å². The molecule has 26 heavy (non-hydrogen) atoms. The fourth-order valence-corrected chi connectivity index (χ4v) is 5.16. The molecule has 2 heterocycles. The van der Waals surface area contributed by atoms with E-state index < -0.39 is 0 Å². The molecule has 1 N–H and O–H groups in total. The van der Waals surface area contributed by atoms with E-state index in [1.165, 1.54) is 34.6 Å². The van der Waals surface area contributed by atoms with E-state index in [-0.39, 0.29) is 5.91 Å². The number of halogens is 1. The van der Waals surface area contributed by atoms with Crippen molar-refractivity contribution in [2.75, 3.05) is 11.1 Å². The third kappa shape index (κ3) is 3.72. The first-order chi connectivity index (χ1) is 12.6. The van der Waals surface area contributed by atoms with Crippen LogP contribution in [0.15, 0.2) is 28.5 Å². The normalized spacial score (nSPS) is 13.6. The highest BCUT2D eigenvalue weighted by molar-refractivity contribution is 8.00. The van der Waals surface area contributed by atoms with Gasteiger partial charge in [0.1, 0.15) is 0 Å². The lowest BCUT2D eigenvalue weighted by Crippen LogP contribution is -2.15. The fraction of sp³-hybridized carbons (Fsp3) is 0.316. The number of amides is 1. The predicted molar refractivity (Wildman–Crippen MR) is 110 cm³/mol. The molecule has 0 aliphatic heterocycles. The molecule has 4 nitrogen and oxygen atoms in total. The number of aryl methyl sites for hydroxylation is 2. The number of carbonyl (C=O) groups excluding carboxylic acids is 1. The maximum absolute atomic E-state index is 12.4. The second kappa shape index (κ2) is 7.55. The van der Waals surface area contributed by atoms with Crippen LogP contribution in [0.1, 0.15) is 29.8 Å². The van der Waals surface area contributed by atoms with Gasteiger partial charge < -0.3 is 5.32 Å². The average Bonchev–Trinajstić information content (AvgIpc) is 3.03. The maximum Gasteiger partial charge on any atom is 0.236 e. The maximum atomic E-state index is 12.4. The van der Waals surface area contributed by atoms with Crippen LogP contribution in [0, 0.1) is 6.92 Å². The molecule has 0 unspecified atom stereocenters. The number of benzene rings is 1. The van der Waals surface area contributed by atoms with Crippen molar-refractivity contribution in [2.24, 2.45) is 0 Å². The summed E-state index contributed by atoms with van der Waals surface area (Å²) in [7, 11) is 0. The molecule has 1 aliphatic carbocycles. The fourth-order valence-electron chi connectivity index (χ4n) is 3.22. The number of carbonyl (C=O) groups is 1. The van der Waals surface area contributed by atoms with Crippen LogP contribution in [0.4, 0.5) is 5.13 Å². The summed E-state index contributed by atoms with van der Waals surface area (Å²) in [5.74, 6) is 0.320. The van der Waals surface area contributed by atoms with Crippen molar-refractivity contribution >= 4 is 56.6 Å². The SMILES string of the molecule is Cc1csc(NC(=O)CSc2c3c(nc4cc(Cl)ccc24)CCCC3)n1. The van der Waals surface area contributed by atoms with Crippen LogP contribution in [0.25, 0.3) is 10.9 Å². The van der Waals surface area contributed by atoms with E-state index in [0.29, 0.717) is 15.9 Å². The van der Waals surface area contributed by atoms with Crippen molar-refractivity contribution in [1.82, 2.24) is 9.97 Å². The van der Waals surface area contributed by atoms with Crippen LogP contribution < -0.4 is 5.32 Å². The Kier molecular flexibility index (Phi) is 5.16. The third-order valence-electron chi connectivity index (χ3n) is 4.39. The summed E-state index contributed by atoms with van der Waals surface area (Å²) in [6.07, 6.45) is 4.36. The summed E-state index contributed by atoms with van der Waals surface area (Å²) in [6.45, 7) is 1.92. The number of anilines is 1. The highest BCUT2D eigenvalue weighted by atomic mass is 35.5. The largest absolute Gasteiger partial charge is 0.301 e. The van der Waals surface area contributed by atoms with E-state index in [2.05, 4.69) is 10.3 Å². The first-order valence-electron chi connectivity index (χ1n) is 8.56. The lowest BCUT2D eigenvalue weighted by molar-refractivity contribution is -0.113. The molecule has 0 fully saturated rings. The number of nitrogens with one attached hydrogen (secondary N) is 1. The molecule has 134 valence electrons. The summed E-state index contributed by atoms with van der Waals surface area (Å²) in [5, 5.41) is 7.24. The molecular formula is C19H18ClN3OS2. The van der Waals surface area contributed by atoms with E-state index in [1.54, 1.807) is 11.8 Å². The molecule has 0 spiro atoms. The Bertz CT molecular complexity index is 986. The monoisotopic (exact) mass is 403 g/mol. The molecule has 3 aromatic rings. The molecule has 2 aromatic heterocycles. The number of fused-ring (bicyclic) bond motifs is 2. The Morgan fingerprint density at radius 3 is 2.96 bits per heavy atom. The zero-order valence-corrected chi connectivity index (χ0v) is 16.7. The van der Waals surface area contributed by atoms with Gasteiger partial charge in [0.05, 0.1) is 17.0 Å². The van der Waals surface area contributed by atoms with Gasteiger partial charge in [0.25, 0.3) is 0 Å². The predicted octanol–water partition coefficient (Wildman–Crippen LogP) is 5.26. The van der Waals surface area contributed by atoms with Gasteiger partial charge in [0, 0.05) is 26.4 Å². The van der Waals surface area contributed by atoms with E-state index >= 15 is 0 Å². The first kappa shape index (κ1) is 17.8. The molecule has 1 amide bonds. The topological polar surface area (TPSA) is 54.9 Å². The molecule has 0 saturated carbocycles. The van der Waals surface area contributed by atoms with Gasteiger partial charge in [-0.25, -0.2) is 4.98 Å². The molecule has 7 heteroatoms.